The molecule has 26 heavy (non-hydrogen) atoms. The van der Waals surface area contributed by atoms with Gasteiger partial charge in [0.25, 0.3) is 0 Å². The van der Waals surface area contributed by atoms with E-state index in [-0.39, 0.29) is 5.28 Å². The Morgan fingerprint density at radius 2 is 1.92 bits per heavy atom. The van der Waals surface area contributed by atoms with Gasteiger partial charge in [-0.25, -0.2) is 4.98 Å². The van der Waals surface area contributed by atoms with Gasteiger partial charge in [-0.05, 0) is 24.7 Å². The monoisotopic (exact) mass is 391 g/mol. The van der Waals surface area contributed by atoms with E-state index in [2.05, 4.69) is 43.6 Å². The highest BCUT2D eigenvalue weighted by Crippen LogP contribution is 2.33. The first-order valence-electron chi connectivity index (χ1n) is 8.88. The highest BCUT2D eigenvalue weighted by molar-refractivity contribution is 7.20. The third-order valence-corrected chi connectivity index (χ3v) is 5.95. The van der Waals surface area contributed by atoms with E-state index in [1.807, 2.05) is 6.07 Å². The molecule has 6 nitrogen and oxygen atoms in total. The summed E-state index contributed by atoms with van der Waals surface area (Å²) in [5.74, 6) is 7.52. The van der Waals surface area contributed by atoms with Crippen LogP contribution in [-0.2, 0) is 4.74 Å². The van der Waals surface area contributed by atoms with Gasteiger partial charge in [-0.3, -0.25) is 4.90 Å². The van der Waals surface area contributed by atoms with Crippen LogP contribution in [0.3, 0.4) is 0 Å². The highest BCUT2D eigenvalue weighted by atomic mass is 35.5. The largest absolute Gasteiger partial charge is 0.378 e. The second-order valence-electron chi connectivity index (χ2n) is 6.62. The molecule has 2 aromatic heterocycles. The van der Waals surface area contributed by atoms with E-state index in [0.717, 1.165) is 66.7 Å². The molecule has 0 aliphatic carbocycles. The van der Waals surface area contributed by atoms with Gasteiger partial charge in [0.15, 0.2) is 5.82 Å². The molecule has 0 spiro atoms. The van der Waals surface area contributed by atoms with Crippen molar-refractivity contribution in [3.8, 4) is 11.8 Å². The van der Waals surface area contributed by atoms with Gasteiger partial charge in [-0.2, -0.15) is 4.98 Å². The van der Waals surface area contributed by atoms with Crippen molar-refractivity contribution < 1.29 is 4.74 Å². The zero-order valence-corrected chi connectivity index (χ0v) is 16.4. The highest BCUT2D eigenvalue weighted by Gasteiger charge is 2.19. The van der Waals surface area contributed by atoms with Crippen LogP contribution in [0.15, 0.2) is 6.07 Å². The molecule has 0 amide bonds. The summed E-state index contributed by atoms with van der Waals surface area (Å²) < 4.78 is 6.50. The van der Waals surface area contributed by atoms with Crippen LogP contribution in [0.4, 0.5) is 5.82 Å². The molecule has 4 rings (SSSR count). The van der Waals surface area contributed by atoms with E-state index in [0.29, 0.717) is 13.2 Å². The molecule has 2 aromatic rings. The fraction of sp³-hybridized carbons (Fsp3) is 0.556. The van der Waals surface area contributed by atoms with E-state index in [1.54, 1.807) is 11.3 Å². The van der Waals surface area contributed by atoms with Crippen LogP contribution in [-0.4, -0.2) is 85.8 Å². The Labute approximate surface area is 162 Å². The molecule has 0 unspecified atom stereocenters. The number of thiophene rings is 1. The van der Waals surface area contributed by atoms with Crippen molar-refractivity contribution in [3.05, 3.63) is 16.2 Å². The predicted molar refractivity (Wildman–Crippen MR) is 106 cm³/mol. The van der Waals surface area contributed by atoms with Crippen molar-refractivity contribution in [2.45, 2.75) is 0 Å². The van der Waals surface area contributed by atoms with Gasteiger partial charge in [0.05, 0.1) is 34.9 Å². The normalized spacial score (nSPS) is 19.5. The quantitative estimate of drug-likeness (QED) is 0.574. The summed E-state index contributed by atoms with van der Waals surface area (Å²) in [6.45, 7) is 8.28. The van der Waals surface area contributed by atoms with Crippen molar-refractivity contribution in [1.82, 2.24) is 19.8 Å². The summed E-state index contributed by atoms with van der Waals surface area (Å²) in [6.07, 6.45) is 0. The molecule has 0 atom stereocenters. The number of fused-ring (bicyclic) bond motifs is 1. The summed E-state index contributed by atoms with van der Waals surface area (Å²) in [6, 6.07) is 2.02. The van der Waals surface area contributed by atoms with Gasteiger partial charge in [-0.15, -0.1) is 11.3 Å². The molecule has 0 saturated carbocycles. The van der Waals surface area contributed by atoms with Gasteiger partial charge in [0.2, 0.25) is 5.28 Å². The Balaban J connectivity index is 1.53. The maximum Gasteiger partial charge on any atom is 0.224 e. The molecular formula is C18H22ClN5OS. The maximum atomic E-state index is 6.15. The lowest BCUT2D eigenvalue weighted by atomic mass is 10.3. The van der Waals surface area contributed by atoms with E-state index in [9.17, 15) is 0 Å². The van der Waals surface area contributed by atoms with Crippen LogP contribution >= 0.6 is 22.9 Å². The molecule has 2 fully saturated rings. The summed E-state index contributed by atoms with van der Waals surface area (Å²) >= 11 is 7.79. The molecule has 0 N–H and O–H groups in total. The predicted octanol–water partition coefficient (Wildman–Crippen LogP) is 1.78. The molecule has 0 bridgehead atoms. The number of hydrogen-bond acceptors (Lipinski definition) is 7. The van der Waals surface area contributed by atoms with Gasteiger partial charge in [-0.1, -0.05) is 11.8 Å². The molecule has 2 aliphatic rings. The maximum absolute atomic E-state index is 6.15. The minimum absolute atomic E-state index is 0.286. The fourth-order valence-corrected chi connectivity index (χ4v) is 4.34. The van der Waals surface area contributed by atoms with Crippen LogP contribution in [0.5, 0.6) is 0 Å². The third-order valence-electron chi connectivity index (χ3n) is 4.75. The summed E-state index contributed by atoms with van der Waals surface area (Å²) in [5.41, 5.74) is 0.875. The lowest BCUT2D eigenvalue weighted by molar-refractivity contribution is 0.122. The third kappa shape index (κ3) is 4.11. The number of piperazine rings is 1. The van der Waals surface area contributed by atoms with Crippen molar-refractivity contribution in [2.75, 3.05) is 71.0 Å². The Bertz CT molecular complexity index is 831. The summed E-state index contributed by atoms with van der Waals surface area (Å²) in [7, 11) is 2.17. The first-order chi connectivity index (χ1) is 12.7. The number of hydrogen-bond donors (Lipinski definition) is 0. The lowest BCUT2D eigenvalue weighted by Crippen LogP contribution is -2.44. The SMILES string of the molecule is CN1CCN(CC#Cc2cc3nc(Cl)nc(N4CCOCC4)c3s2)CC1. The van der Waals surface area contributed by atoms with Crippen molar-refractivity contribution >= 4 is 39.0 Å². The van der Waals surface area contributed by atoms with E-state index in [1.165, 1.54) is 0 Å². The van der Waals surface area contributed by atoms with Crippen molar-refractivity contribution in [3.63, 3.8) is 0 Å². The minimum Gasteiger partial charge on any atom is -0.378 e. The topological polar surface area (TPSA) is 44.7 Å². The lowest BCUT2D eigenvalue weighted by Gasteiger charge is -2.30. The molecule has 0 radical (unpaired) electrons. The van der Waals surface area contributed by atoms with Crippen molar-refractivity contribution in [2.24, 2.45) is 0 Å². The Kier molecular flexibility index (Phi) is 5.57. The number of likely N-dealkylation sites (N-methyl/N-ethyl adjacent to an activating group) is 1. The second-order valence-corrected chi connectivity index (χ2v) is 8.01. The van der Waals surface area contributed by atoms with Crippen LogP contribution in [0.2, 0.25) is 5.28 Å². The van der Waals surface area contributed by atoms with Gasteiger partial charge in [0, 0.05) is 39.3 Å². The number of rotatable bonds is 2. The Morgan fingerprint density at radius 3 is 2.69 bits per heavy atom. The Morgan fingerprint density at radius 1 is 1.15 bits per heavy atom. The molecule has 138 valence electrons. The first-order valence-corrected chi connectivity index (χ1v) is 10.1. The number of aromatic nitrogens is 2. The Hall–Kier alpha value is -1.43. The van der Waals surface area contributed by atoms with Crippen LogP contribution in [0.25, 0.3) is 10.2 Å². The van der Waals surface area contributed by atoms with E-state index >= 15 is 0 Å². The molecule has 8 heteroatoms. The van der Waals surface area contributed by atoms with E-state index in [4.69, 9.17) is 16.3 Å². The standard InChI is InChI=1S/C18H22ClN5OS/c1-22-5-7-23(8-6-22)4-2-3-14-13-15-16(26-14)17(21-18(19)20-15)24-9-11-25-12-10-24/h13H,4-12H2,1H3. The number of ether oxygens (including phenoxy) is 1. The van der Waals surface area contributed by atoms with Crippen molar-refractivity contribution in [1.29, 1.82) is 0 Å². The summed E-state index contributed by atoms with van der Waals surface area (Å²) in [5, 5.41) is 0.286. The molecule has 4 heterocycles. The number of anilines is 1. The number of morpholine rings is 1. The number of halogens is 1. The zero-order chi connectivity index (χ0) is 17.9. The van der Waals surface area contributed by atoms with Gasteiger partial charge >= 0.3 is 0 Å². The van der Waals surface area contributed by atoms with Crippen LogP contribution in [0.1, 0.15) is 4.88 Å². The smallest absolute Gasteiger partial charge is 0.224 e. The molecule has 2 aliphatic heterocycles. The average Bonchev–Trinajstić information content (AvgIpc) is 3.06. The number of nitrogens with zero attached hydrogens (tertiary/aromatic N) is 5. The van der Waals surface area contributed by atoms with Gasteiger partial charge < -0.3 is 14.5 Å². The first kappa shape index (κ1) is 18.0. The van der Waals surface area contributed by atoms with E-state index < -0.39 is 0 Å². The summed E-state index contributed by atoms with van der Waals surface area (Å²) in [4.78, 5) is 16.8. The van der Waals surface area contributed by atoms with Crippen LogP contribution < -0.4 is 4.90 Å². The average molecular weight is 392 g/mol. The minimum atomic E-state index is 0.286. The molecular weight excluding hydrogens is 370 g/mol. The second kappa shape index (κ2) is 8.07. The van der Waals surface area contributed by atoms with Crippen LogP contribution in [0, 0.1) is 11.8 Å². The fourth-order valence-electron chi connectivity index (χ4n) is 3.18. The molecule has 0 aromatic carbocycles. The molecule has 2 saturated heterocycles. The van der Waals surface area contributed by atoms with Gasteiger partial charge in [0.1, 0.15) is 0 Å². The zero-order valence-electron chi connectivity index (χ0n) is 14.9.